The molecule has 3 rings (SSSR count). The largest absolute Gasteiger partial charge is 0.507 e. The summed E-state index contributed by atoms with van der Waals surface area (Å²) in [6.07, 6.45) is 0. The number of phenolic OH excluding ortho intramolecular Hbond substituents is 2. The lowest BCUT2D eigenvalue weighted by atomic mass is 10.0. The first-order valence-electron chi connectivity index (χ1n) is 6.28. The van der Waals surface area contributed by atoms with E-state index in [1.165, 1.54) is 6.07 Å². The number of hydrogen-bond acceptors (Lipinski definition) is 5. The molecule has 1 saturated heterocycles. The highest BCUT2D eigenvalue weighted by molar-refractivity contribution is 7.65. The Kier molecular flexibility index (Phi) is 8.53. The van der Waals surface area contributed by atoms with E-state index < -0.39 is 0 Å². The van der Waals surface area contributed by atoms with Crippen LogP contribution in [0.5, 0.6) is 11.5 Å². The van der Waals surface area contributed by atoms with Gasteiger partial charge in [0, 0.05) is 37.8 Å². The van der Waals surface area contributed by atoms with E-state index in [1.807, 2.05) is 0 Å². The molecule has 2 aromatic rings. The fraction of sp³-hybridized carbons (Fsp3) is 0. The Morgan fingerprint density at radius 1 is 0.708 bits per heavy atom. The molecule has 1 heterocycles. The lowest BCUT2D eigenvalue weighted by molar-refractivity contribution is 0.469. The van der Waals surface area contributed by atoms with Crippen LogP contribution in [0.2, 0.25) is 20.1 Å². The number of phenols is 2. The Labute approximate surface area is 164 Å². The standard InChI is InChI=1S/C12H6Cl4O2.H6N3P3/c13-8-7(5-3-1-2-4-6(5)17)12(18)11(16)10(15)9(8)14;1-4-2-6-3-5-1/h1-4,17-18H;1-6H. The Morgan fingerprint density at radius 2 is 1.21 bits per heavy atom. The Morgan fingerprint density at radius 3 is 1.71 bits per heavy atom. The first-order valence-corrected chi connectivity index (χ1v) is 10.8. The van der Waals surface area contributed by atoms with Gasteiger partial charge in [0.05, 0.1) is 15.1 Å². The van der Waals surface area contributed by atoms with Crippen molar-refractivity contribution in [3.05, 3.63) is 44.4 Å². The Hall–Kier alpha value is 0.370. The molecule has 0 aliphatic carbocycles. The van der Waals surface area contributed by atoms with Gasteiger partial charge in [-0.25, -0.2) is 0 Å². The highest BCUT2D eigenvalue weighted by atomic mass is 35.5. The molecule has 0 amide bonds. The summed E-state index contributed by atoms with van der Waals surface area (Å²) < 4.78 is 0. The molecule has 24 heavy (non-hydrogen) atoms. The molecule has 0 aromatic heterocycles. The topological polar surface area (TPSA) is 76.5 Å². The zero-order valence-electron chi connectivity index (χ0n) is 11.7. The van der Waals surface area contributed by atoms with Gasteiger partial charge < -0.3 is 10.2 Å². The average Bonchev–Trinajstić information content (AvgIpc) is 2.62. The molecule has 1 aliphatic heterocycles. The summed E-state index contributed by atoms with van der Waals surface area (Å²) in [6.45, 7) is 0. The third kappa shape index (κ3) is 4.96. The average molecular weight is 465 g/mol. The van der Waals surface area contributed by atoms with E-state index in [2.05, 4.69) is 14.6 Å². The number of rotatable bonds is 1. The molecule has 0 spiro atoms. The van der Waals surface area contributed by atoms with Crippen molar-refractivity contribution in [2.45, 2.75) is 0 Å². The van der Waals surface area contributed by atoms with Crippen molar-refractivity contribution >= 4 is 73.1 Å². The number of nitrogens with one attached hydrogen (secondary N) is 3. The molecule has 12 heteroatoms. The zero-order valence-corrected chi connectivity index (χ0v) is 17.7. The van der Waals surface area contributed by atoms with Gasteiger partial charge in [-0.15, -0.1) is 0 Å². The lowest BCUT2D eigenvalue weighted by Crippen LogP contribution is -2.07. The van der Waals surface area contributed by atoms with E-state index in [0.29, 0.717) is 5.56 Å². The van der Waals surface area contributed by atoms with E-state index in [0.717, 1.165) is 26.6 Å². The molecule has 5 N–H and O–H groups in total. The molecule has 0 radical (unpaired) electrons. The second-order valence-electron chi connectivity index (χ2n) is 4.25. The van der Waals surface area contributed by atoms with Crippen molar-refractivity contribution in [2.24, 2.45) is 0 Å². The highest BCUT2D eigenvalue weighted by Crippen LogP contribution is 2.50. The van der Waals surface area contributed by atoms with Crippen LogP contribution in [-0.4, -0.2) is 10.2 Å². The van der Waals surface area contributed by atoms with Gasteiger partial charge >= 0.3 is 0 Å². The Balaban J connectivity index is 0.000000292. The third-order valence-corrected chi connectivity index (χ3v) is 7.58. The predicted octanol–water partition coefficient (Wildman–Crippen LogP) is 5.67. The fourth-order valence-corrected chi connectivity index (χ4v) is 5.87. The molecular formula is C12H12Cl4N3O2P3. The molecule has 1 fully saturated rings. The maximum absolute atomic E-state index is 9.99. The number of benzene rings is 2. The first-order chi connectivity index (χ1) is 11.4. The molecule has 130 valence electrons. The molecule has 2 aromatic carbocycles. The van der Waals surface area contributed by atoms with Crippen LogP contribution in [0, 0.1) is 0 Å². The summed E-state index contributed by atoms with van der Waals surface area (Å²) in [5, 5.41) is 19.7. The van der Waals surface area contributed by atoms with Crippen LogP contribution >= 0.6 is 73.1 Å². The van der Waals surface area contributed by atoms with Crippen LogP contribution in [0.3, 0.4) is 0 Å². The summed E-state index contributed by atoms with van der Waals surface area (Å²) in [5.41, 5.74) is 0.467. The highest BCUT2D eigenvalue weighted by Gasteiger charge is 2.22. The van der Waals surface area contributed by atoms with Gasteiger partial charge in [-0.3, -0.25) is 14.6 Å². The van der Waals surface area contributed by atoms with Crippen LogP contribution < -0.4 is 14.6 Å². The minimum atomic E-state index is -0.322. The zero-order chi connectivity index (χ0) is 17.7. The number of para-hydroxylation sites is 1. The second kappa shape index (κ2) is 9.90. The predicted molar refractivity (Wildman–Crippen MR) is 110 cm³/mol. The van der Waals surface area contributed by atoms with E-state index in [1.54, 1.807) is 18.2 Å². The molecule has 0 unspecified atom stereocenters. The molecule has 0 bridgehead atoms. The summed E-state index contributed by atoms with van der Waals surface area (Å²) in [5.74, 6) is -0.373. The number of aromatic hydroxyl groups is 2. The van der Waals surface area contributed by atoms with Gasteiger partial charge in [0.25, 0.3) is 0 Å². The van der Waals surface area contributed by atoms with Crippen molar-refractivity contribution < 1.29 is 10.2 Å². The van der Waals surface area contributed by atoms with Crippen molar-refractivity contribution in [1.29, 1.82) is 0 Å². The first kappa shape index (κ1) is 20.7. The maximum atomic E-state index is 9.99. The van der Waals surface area contributed by atoms with Gasteiger partial charge in [-0.2, -0.15) is 0 Å². The van der Waals surface area contributed by atoms with Gasteiger partial charge in [-0.05, 0) is 6.07 Å². The summed E-state index contributed by atoms with van der Waals surface area (Å²) in [4.78, 5) is 9.38. The van der Waals surface area contributed by atoms with Crippen molar-refractivity contribution in [1.82, 2.24) is 14.6 Å². The lowest BCUT2D eigenvalue weighted by Gasteiger charge is -2.13. The van der Waals surface area contributed by atoms with Crippen LogP contribution in [0.15, 0.2) is 24.3 Å². The van der Waals surface area contributed by atoms with Crippen LogP contribution in [-0.2, 0) is 0 Å². The number of halogens is 4. The molecular weight excluding hydrogens is 453 g/mol. The van der Waals surface area contributed by atoms with Crippen LogP contribution in [0.4, 0.5) is 0 Å². The van der Waals surface area contributed by atoms with E-state index in [4.69, 9.17) is 46.4 Å². The van der Waals surface area contributed by atoms with Gasteiger partial charge in [0.2, 0.25) is 0 Å². The quantitative estimate of drug-likeness (QED) is 0.213. The molecule has 5 nitrogen and oxygen atoms in total. The van der Waals surface area contributed by atoms with Gasteiger partial charge in [0.15, 0.2) is 0 Å². The molecule has 0 atom stereocenters. The van der Waals surface area contributed by atoms with Crippen molar-refractivity contribution in [3.63, 3.8) is 0 Å². The van der Waals surface area contributed by atoms with Gasteiger partial charge in [0.1, 0.15) is 16.5 Å². The number of hydrogen-bond donors (Lipinski definition) is 5. The second-order valence-corrected chi connectivity index (χ2v) is 9.51. The maximum Gasteiger partial charge on any atom is 0.145 e. The fourth-order valence-electron chi connectivity index (χ4n) is 1.74. The van der Waals surface area contributed by atoms with E-state index in [9.17, 15) is 10.2 Å². The van der Waals surface area contributed by atoms with E-state index in [-0.39, 0.29) is 37.2 Å². The Bertz CT molecular complexity index is 694. The minimum Gasteiger partial charge on any atom is -0.507 e. The van der Waals surface area contributed by atoms with Crippen molar-refractivity contribution in [2.75, 3.05) is 0 Å². The van der Waals surface area contributed by atoms with Crippen molar-refractivity contribution in [3.8, 4) is 22.6 Å². The van der Waals surface area contributed by atoms with Crippen LogP contribution in [0.25, 0.3) is 11.1 Å². The molecule has 0 saturated carbocycles. The van der Waals surface area contributed by atoms with E-state index >= 15 is 0 Å². The summed E-state index contributed by atoms with van der Waals surface area (Å²) in [7, 11) is 2.29. The molecule has 1 aliphatic rings. The SMILES string of the molecule is N1PNPNP1.Oc1ccccc1-c1c(O)c(Cl)c(Cl)c(Cl)c1Cl. The summed E-state index contributed by atoms with van der Waals surface area (Å²) >= 11 is 23.6. The summed E-state index contributed by atoms with van der Waals surface area (Å²) in [6, 6.07) is 6.36. The van der Waals surface area contributed by atoms with Gasteiger partial charge in [-0.1, -0.05) is 64.6 Å². The minimum absolute atomic E-state index is 0.0272. The van der Waals surface area contributed by atoms with Crippen LogP contribution in [0.1, 0.15) is 0 Å². The smallest absolute Gasteiger partial charge is 0.145 e. The monoisotopic (exact) mass is 463 g/mol. The third-order valence-electron chi connectivity index (χ3n) is 2.79. The normalized spacial score (nSPS) is 17.0.